The summed E-state index contributed by atoms with van der Waals surface area (Å²) in [6, 6.07) is 8.36. The van der Waals surface area contributed by atoms with Crippen LogP contribution in [0.2, 0.25) is 0 Å². The maximum atomic E-state index is 10.5. The van der Waals surface area contributed by atoms with E-state index in [4.69, 9.17) is 0 Å². The van der Waals surface area contributed by atoms with Gasteiger partial charge in [0.25, 0.3) is 0 Å². The largest absolute Gasteiger partial charge is 0.468 e. The standard InChI is InChI=1S/C8H10.C6H11NO.C6H10O3.C6H10O2.C2H6/c1-7-5-3-4-6-8(7)2;1-4-5-7(3)6(2)8;1-4(5(2)7)6(8)9-3;1-4-5(2)6(7)8-3;1-2/h3-6H,1-2H3;4-5H,1-3H3;4H,1-3H3;4H,1-3H3;1-2H3/b;5-4-;;5-4-;. The Morgan fingerprint density at radius 2 is 1.31 bits per heavy atom. The van der Waals surface area contributed by atoms with Crippen LogP contribution in [0.1, 0.15) is 66.5 Å². The molecule has 0 heterocycles. The fourth-order valence-corrected chi connectivity index (χ4v) is 1.61. The van der Waals surface area contributed by atoms with Crippen LogP contribution >= 0.6 is 0 Å². The van der Waals surface area contributed by atoms with Gasteiger partial charge in [-0.3, -0.25) is 14.4 Å². The smallest absolute Gasteiger partial charge is 0.333 e. The fourth-order valence-electron chi connectivity index (χ4n) is 1.61. The van der Waals surface area contributed by atoms with Crippen LogP contribution in [0.3, 0.4) is 0 Å². The Morgan fingerprint density at radius 3 is 1.46 bits per heavy atom. The highest BCUT2D eigenvalue weighted by molar-refractivity contribution is 5.97. The topological polar surface area (TPSA) is 90.0 Å². The molecule has 0 aliphatic carbocycles. The average molecular weight is 494 g/mol. The number of allylic oxidation sites excluding steroid dienone is 2. The first-order chi connectivity index (χ1) is 16.3. The monoisotopic (exact) mass is 493 g/mol. The molecule has 0 saturated carbocycles. The van der Waals surface area contributed by atoms with Gasteiger partial charge in [-0.25, -0.2) is 4.79 Å². The molecule has 7 nitrogen and oxygen atoms in total. The van der Waals surface area contributed by atoms with Crippen LogP contribution in [0.25, 0.3) is 0 Å². The first-order valence-corrected chi connectivity index (χ1v) is 11.5. The number of ether oxygens (including phenoxy) is 2. The first kappa shape index (κ1) is 39.0. The van der Waals surface area contributed by atoms with Gasteiger partial charge in [-0.15, -0.1) is 0 Å². The average Bonchev–Trinajstić information content (AvgIpc) is 2.86. The summed E-state index contributed by atoms with van der Waals surface area (Å²) in [6.07, 6.45) is 5.26. The van der Waals surface area contributed by atoms with Crippen molar-refractivity contribution in [2.45, 2.75) is 69.2 Å². The maximum Gasteiger partial charge on any atom is 0.333 e. The molecule has 0 aromatic heterocycles. The van der Waals surface area contributed by atoms with Crippen LogP contribution in [0.4, 0.5) is 0 Å². The molecular weight excluding hydrogens is 446 g/mol. The van der Waals surface area contributed by atoms with Crippen molar-refractivity contribution in [2.75, 3.05) is 21.3 Å². The molecule has 0 bridgehead atoms. The number of amides is 1. The molecule has 1 unspecified atom stereocenters. The Kier molecular flexibility index (Phi) is 28.3. The highest BCUT2D eigenvalue weighted by atomic mass is 16.5. The van der Waals surface area contributed by atoms with Crippen LogP contribution in [-0.2, 0) is 28.7 Å². The quantitative estimate of drug-likeness (QED) is 0.297. The van der Waals surface area contributed by atoms with Gasteiger partial charge in [0.05, 0.1) is 14.2 Å². The molecule has 0 aliphatic heterocycles. The normalized spacial score (nSPS) is 10.3. The van der Waals surface area contributed by atoms with Gasteiger partial charge in [0.2, 0.25) is 5.91 Å². The van der Waals surface area contributed by atoms with E-state index in [9.17, 15) is 19.2 Å². The Balaban J connectivity index is -0.000000179. The van der Waals surface area contributed by atoms with Crippen LogP contribution in [0, 0.1) is 19.8 Å². The van der Waals surface area contributed by atoms with Crippen LogP contribution in [0.5, 0.6) is 0 Å². The second-order valence-corrected chi connectivity index (χ2v) is 7.02. The minimum atomic E-state index is -0.616. The molecule has 0 radical (unpaired) electrons. The van der Waals surface area contributed by atoms with Gasteiger partial charge in [0.15, 0.2) is 0 Å². The van der Waals surface area contributed by atoms with Gasteiger partial charge in [0.1, 0.15) is 11.7 Å². The third-order valence-electron chi connectivity index (χ3n) is 4.40. The number of nitrogens with zero attached hydrogens (tertiary/aromatic N) is 1. The van der Waals surface area contributed by atoms with Gasteiger partial charge in [0, 0.05) is 25.7 Å². The molecule has 0 spiro atoms. The summed E-state index contributed by atoms with van der Waals surface area (Å²) in [5, 5.41) is 0. The molecule has 0 N–H and O–H groups in total. The predicted octanol–water partition coefficient (Wildman–Crippen LogP) is 5.84. The minimum Gasteiger partial charge on any atom is -0.468 e. The van der Waals surface area contributed by atoms with E-state index in [1.54, 1.807) is 33.2 Å². The van der Waals surface area contributed by atoms with Crippen molar-refractivity contribution in [3.8, 4) is 0 Å². The van der Waals surface area contributed by atoms with Crippen molar-refractivity contribution in [1.82, 2.24) is 4.90 Å². The van der Waals surface area contributed by atoms with Crippen molar-refractivity contribution in [1.29, 1.82) is 0 Å². The van der Waals surface area contributed by atoms with Crippen molar-refractivity contribution >= 4 is 23.6 Å². The maximum absolute atomic E-state index is 10.5. The third kappa shape index (κ3) is 23.7. The van der Waals surface area contributed by atoms with Crippen LogP contribution in [-0.4, -0.2) is 49.8 Å². The molecule has 0 aliphatic rings. The number of esters is 2. The highest BCUT2D eigenvalue weighted by Gasteiger charge is 2.16. The van der Waals surface area contributed by atoms with Gasteiger partial charge >= 0.3 is 11.9 Å². The summed E-state index contributed by atoms with van der Waals surface area (Å²) in [5.41, 5.74) is 3.38. The number of aryl methyl sites for hydroxylation is 2. The molecule has 0 fully saturated rings. The summed E-state index contributed by atoms with van der Waals surface area (Å²) >= 11 is 0. The van der Waals surface area contributed by atoms with Gasteiger partial charge in [-0.2, -0.15) is 0 Å². The number of hydrogen-bond acceptors (Lipinski definition) is 6. The third-order valence-corrected chi connectivity index (χ3v) is 4.40. The zero-order valence-electron chi connectivity index (χ0n) is 24.0. The molecule has 35 heavy (non-hydrogen) atoms. The summed E-state index contributed by atoms with van der Waals surface area (Å²) in [7, 11) is 4.36. The van der Waals surface area contributed by atoms with E-state index in [1.807, 2.05) is 26.8 Å². The van der Waals surface area contributed by atoms with E-state index >= 15 is 0 Å². The second-order valence-electron chi connectivity index (χ2n) is 7.02. The van der Waals surface area contributed by atoms with Crippen molar-refractivity contribution in [3.05, 3.63) is 59.3 Å². The number of Topliss-reactive ketones (excluding diaryl/α,β-unsaturated/α-hetero) is 1. The van der Waals surface area contributed by atoms with Gasteiger partial charge < -0.3 is 14.4 Å². The Morgan fingerprint density at radius 1 is 0.886 bits per heavy atom. The van der Waals surface area contributed by atoms with E-state index in [0.29, 0.717) is 5.57 Å². The van der Waals surface area contributed by atoms with Crippen molar-refractivity contribution in [3.63, 3.8) is 0 Å². The second kappa shape index (κ2) is 25.4. The van der Waals surface area contributed by atoms with Crippen LogP contribution < -0.4 is 0 Å². The Hall–Kier alpha value is -3.22. The van der Waals surface area contributed by atoms with Gasteiger partial charge in [-0.1, -0.05) is 50.3 Å². The Bertz CT molecular complexity index is 775. The minimum absolute atomic E-state index is 0.0584. The van der Waals surface area contributed by atoms with E-state index in [2.05, 4.69) is 47.6 Å². The molecule has 0 saturated heterocycles. The number of carbonyl (C=O) groups is 4. The number of hydrogen-bond donors (Lipinski definition) is 0. The zero-order valence-corrected chi connectivity index (χ0v) is 24.0. The molecule has 7 heteroatoms. The predicted molar refractivity (Wildman–Crippen MR) is 144 cm³/mol. The molecule has 1 atom stereocenters. The SMILES string of the molecule is C/C=C(/C)C(=O)OC.C/C=C\N(C)C(C)=O.CC.COC(=O)C(C)C(C)=O.Cc1ccccc1C. The summed E-state index contributed by atoms with van der Waals surface area (Å²) in [6.45, 7) is 18.0. The molecule has 1 aromatic rings. The first-order valence-electron chi connectivity index (χ1n) is 11.5. The van der Waals surface area contributed by atoms with Gasteiger partial charge in [-0.05, 0) is 59.6 Å². The molecule has 200 valence electrons. The summed E-state index contributed by atoms with van der Waals surface area (Å²) in [5.74, 6) is -1.45. The van der Waals surface area contributed by atoms with E-state index in [1.165, 1.54) is 51.0 Å². The van der Waals surface area contributed by atoms with Crippen molar-refractivity contribution < 1.29 is 28.7 Å². The lowest BCUT2D eigenvalue weighted by Crippen LogP contribution is -2.19. The molecule has 1 aromatic carbocycles. The van der Waals surface area contributed by atoms with Crippen LogP contribution in [0.15, 0.2) is 48.2 Å². The molecule has 1 amide bonds. The fraction of sp³-hybridized carbons (Fsp3) is 0.500. The number of carbonyl (C=O) groups excluding carboxylic acids is 4. The zero-order chi connectivity index (χ0) is 28.6. The number of methoxy groups -OCH3 is 2. The highest BCUT2D eigenvalue weighted by Crippen LogP contribution is 2.02. The lowest BCUT2D eigenvalue weighted by atomic mass is 10.1. The Labute approximate surface area is 213 Å². The molecular formula is C28H47NO6. The van der Waals surface area contributed by atoms with Crippen molar-refractivity contribution in [2.24, 2.45) is 5.92 Å². The lowest BCUT2D eigenvalue weighted by molar-refractivity contribution is -0.148. The number of benzene rings is 1. The summed E-state index contributed by atoms with van der Waals surface area (Å²) < 4.78 is 8.71. The van der Waals surface area contributed by atoms with E-state index in [-0.39, 0.29) is 17.7 Å². The number of ketones is 1. The summed E-state index contributed by atoms with van der Waals surface area (Å²) in [4.78, 5) is 43.3. The number of rotatable bonds is 4. The lowest BCUT2D eigenvalue weighted by Gasteiger charge is -2.05. The van der Waals surface area contributed by atoms with E-state index in [0.717, 1.165) is 0 Å². The molecule has 1 rings (SSSR count). The van der Waals surface area contributed by atoms with E-state index < -0.39 is 11.9 Å².